The molecule has 0 aromatic heterocycles. The maximum atomic E-state index is 3.46. The van der Waals surface area contributed by atoms with E-state index in [4.69, 9.17) is 0 Å². The van der Waals surface area contributed by atoms with Gasteiger partial charge in [-0.05, 0) is 31.7 Å². The molecule has 0 aromatic rings. The molecule has 0 saturated heterocycles. The van der Waals surface area contributed by atoms with E-state index in [1.807, 2.05) is 0 Å². The molecule has 1 heteroatoms. The van der Waals surface area contributed by atoms with Crippen LogP contribution in [-0.2, 0) is 0 Å². The predicted molar refractivity (Wildman–Crippen MR) is 54.3 cm³/mol. The molecule has 1 saturated carbocycles. The molecule has 1 atom stereocenters. The number of nitrogens with one attached hydrogen (secondary N) is 1. The summed E-state index contributed by atoms with van der Waals surface area (Å²) in [5.41, 5.74) is 0.585. The third-order valence-electron chi connectivity index (χ3n) is 3.59. The van der Waals surface area contributed by atoms with Crippen LogP contribution in [0.1, 0.15) is 52.4 Å². The van der Waals surface area contributed by atoms with Gasteiger partial charge in [-0.2, -0.15) is 0 Å². The Kier molecular flexibility index (Phi) is 3.57. The lowest BCUT2D eigenvalue weighted by atomic mass is 9.70. The lowest BCUT2D eigenvalue weighted by Gasteiger charge is -2.40. The van der Waals surface area contributed by atoms with Crippen LogP contribution >= 0.6 is 0 Å². The molecule has 1 nitrogen and oxygen atoms in total. The third-order valence-corrected chi connectivity index (χ3v) is 3.59. The van der Waals surface area contributed by atoms with Crippen LogP contribution in [0.5, 0.6) is 0 Å². The summed E-state index contributed by atoms with van der Waals surface area (Å²) in [5, 5.41) is 3.46. The molecule has 1 unspecified atom stereocenters. The topological polar surface area (TPSA) is 12.0 Å². The van der Waals surface area contributed by atoms with Crippen molar-refractivity contribution in [1.82, 2.24) is 5.32 Å². The lowest BCUT2D eigenvalue weighted by Crippen LogP contribution is -2.42. The van der Waals surface area contributed by atoms with Crippen LogP contribution in [0.4, 0.5) is 0 Å². The monoisotopic (exact) mass is 169 g/mol. The van der Waals surface area contributed by atoms with Crippen molar-refractivity contribution >= 4 is 0 Å². The summed E-state index contributed by atoms with van der Waals surface area (Å²) in [5.74, 6) is 0. The van der Waals surface area contributed by atoms with Crippen LogP contribution < -0.4 is 5.32 Å². The fourth-order valence-corrected chi connectivity index (χ4v) is 2.75. The largest absolute Gasteiger partial charge is 0.316 e. The first-order chi connectivity index (χ1) is 5.73. The average molecular weight is 169 g/mol. The second-order valence-corrected chi connectivity index (χ2v) is 4.46. The molecule has 0 spiro atoms. The van der Waals surface area contributed by atoms with Crippen LogP contribution in [0.15, 0.2) is 0 Å². The summed E-state index contributed by atoms with van der Waals surface area (Å²) in [6.45, 7) is 4.75. The maximum absolute atomic E-state index is 3.46. The number of rotatable bonds is 3. The molecule has 1 rings (SSSR count). The van der Waals surface area contributed by atoms with Crippen molar-refractivity contribution in [1.29, 1.82) is 0 Å². The predicted octanol–water partition coefficient (Wildman–Crippen LogP) is 2.95. The smallest absolute Gasteiger partial charge is 0.0115 e. The van der Waals surface area contributed by atoms with Gasteiger partial charge in [-0.15, -0.1) is 0 Å². The highest BCUT2D eigenvalue weighted by Crippen LogP contribution is 2.39. The van der Waals surface area contributed by atoms with Crippen LogP contribution in [0, 0.1) is 5.41 Å². The van der Waals surface area contributed by atoms with E-state index >= 15 is 0 Å². The maximum Gasteiger partial charge on any atom is 0.0115 e. The Hall–Kier alpha value is -0.0400. The molecule has 0 bridgehead atoms. The standard InChI is InChI=1S/C11H23N/c1-4-10(12-3)11(2)8-6-5-7-9-11/h10,12H,4-9H2,1-3H3. The minimum atomic E-state index is 0.585. The van der Waals surface area contributed by atoms with Gasteiger partial charge in [0.05, 0.1) is 0 Å². The van der Waals surface area contributed by atoms with Crippen molar-refractivity contribution in [2.45, 2.75) is 58.4 Å². The molecule has 0 aliphatic heterocycles. The van der Waals surface area contributed by atoms with E-state index in [0.717, 1.165) is 6.04 Å². The molecule has 1 aliphatic carbocycles. The first-order valence-corrected chi connectivity index (χ1v) is 5.40. The van der Waals surface area contributed by atoms with Crippen molar-refractivity contribution in [3.63, 3.8) is 0 Å². The van der Waals surface area contributed by atoms with E-state index in [1.54, 1.807) is 0 Å². The Morgan fingerprint density at radius 2 is 1.83 bits per heavy atom. The van der Waals surface area contributed by atoms with E-state index in [-0.39, 0.29) is 0 Å². The highest BCUT2D eigenvalue weighted by molar-refractivity contribution is 4.88. The average Bonchev–Trinajstić information content (AvgIpc) is 2.07. The summed E-state index contributed by atoms with van der Waals surface area (Å²) in [6, 6.07) is 0.734. The Morgan fingerprint density at radius 1 is 1.25 bits per heavy atom. The van der Waals surface area contributed by atoms with Gasteiger partial charge in [0.15, 0.2) is 0 Å². The fourth-order valence-electron chi connectivity index (χ4n) is 2.75. The number of hydrogen-bond donors (Lipinski definition) is 1. The molecular formula is C11H23N. The molecular weight excluding hydrogens is 146 g/mol. The first kappa shape index (κ1) is 10.0. The molecule has 0 radical (unpaired) electrons. The van der Waals surface area contributed by atoms with Gasteiger partial charge in [0.2, 0.25) is 0 Å². The van der Waals surface area contributed by atoms with Gasteiger partial charge in [0.25, 0.3) is 0 Å². The summed E-state index contributed by atoms with van der Waals surface area (Å²) in [7, 11) is 2.11. The Balaban J connectivity index is 2.53. The first-order valence-electron chi connectivity index (χ1n) is 5.40. The van der Waals surface area contributed by atoms with Gasteiger partial charge in [-0.3, -0.25) is 0 Å². The highest BCUT2D eigenvalue weighted by atomic mass is 14.9. The zero-order valence-corrected chi connectivity index (χ0v) is 8.82. The Bertz CT molecular complexity index is 121. The summed E-state index contributed by atoms with van der Waals surface area (Å²) >= 11 is 0. The van der Waals surface area contributed by atoms with Crippen LogP contribution in [0.3, 0.4) is 0 Å². The third kappa shape index (κ3) is 2.01. The minimum Gasteiger partial charge on any atom is -0.316 e. The van der Waals surface area contributed by atoms with Gasteiger partial charge in [0, 0.05) is 6.04 Å². The molecule has 1 fully saturated rings. The second kappa shape index (κ2) is 4.27. The van der Waals surface area contributed by atoms with E-state index in [9.17, 15) is 0 Å². The SMILES string of the molecule is CCC(NC)C1(C)CCCCC1. The van der Waals surface area contributed by atoms with Gasteiger partial charge in [0.1, 0.15) is 0 Å². The van der Waals surface area contributed by atoms with E-state index < -0.39 is 0 Å². The van der Waals surface area contributed by atoms with Gasteiger partial charge in [-0.25, -0.2) is 0 Å². The van der Waals surface area contributed by atoms with E-state index in [2.05, 4.69) is 26.2 Å². The zero-order valence-electron chi connectivity index (χ0n) is 8.82. The normalized spacial score (nSPS) is 25.2. The molecule has 1 N–H and O–H groups in total. The molecule has 0 aromatic carbocycles. The van der Waals surface area contributed by atoms with Crippen LogP contribution in [-0.4, -0.2) is 13.1 Å². The summed E-state index contributed by atoms with van der Waals surface area (Å²) in [6.07, 6.45) is 8.45. The zero-order chi connectivity index (χ0) is 9.03. The van der Waals surface area contributed by atoms with Crippen molar-refractivity contribution in [3.8, 4) is 0 Å². The Morgan fingerprint density at radius 3 is 2.25 bits per heavy atom. The van der Waals surface area contributed by atoms with Crippen molar-refractivity contribution in [2.75, 3.05) is 7.05 Å². The van der Waals surface area contributed by atoms with Crippen molar-refractivity contribution < 1.29 is 0 Å². The van der Waals surface area contributed by atoms with Crippen molar-refractivity contribution in [2.24, 2.45) is 5.41 Å². The van der Waals surface area contributed by atoms with E-state index in [0.29, 0.717) is 5.41 Å². The molecule has 0 heterocycles. The molecule has 1 aliphatic rings. The van der Waals surface area contributed by atoms with Crippen molar-refractivity contribution in [3.05, 3.63) is 0 Å². The summed E-state index contributed by atoms with van der Waals surface area (Å²) in [4.78, 5) is 0. The van der Waals surface area contributed by atoms with Crippen LogP contribution in [0.2, 0.25) is 0 Å². The molecule has 0 amide bonds. The van der Waals surface area contributed by atoms with Crippen LogP contribution in [0.25, 0.3) is 0 Å². The van der Waals surface area contributed by atoms with E-state index in [1.165, 1.54) is 38.5 Å². The highest BCUT2D eigenvalue weighted by Gasteiger charge is 2.33. The second-order valence-electron chi connectivity index (χ2n) is 4.46. The fraction of sp³-hybridized carbons (Fsp3) is 1.00. The number of hydrogen-bond acceptors (Lipinski definition) is 1. The van der Waals surface area contributed by atoms with Gasteiger partial charge < -0.3 is 5.32 Å². The molecule has 12 heavy (non-hydrogen) atoms. The van der Waals surface area contributed by atoms with Gasteiger partial charge in [-0.1, -0.05) is 33.1 Å². The lowest BCUT2D eigenvalue weighted by molar-refractivity contribution is 0.146. The quantitative estimate of drug-likeness (QED) is 0.685. The van der Waals surface area contributed by atoms with Gasteiger partial charge >= 0.3 is 0 Å². The molecule has 72 valence electrons. The minimum absolute atomic E-state index is 0.585. The Labute approximate surface area is 76.9 Å². The summed E-state index contributed by atoms with van der Waals surface area (Å²) < 4.78 is 0.